The summed E-state index contributed by atoms with van der Waals surface area (Å²) in [6.07, 6.45) is 0.365. The van der Waals surface area contributed by atoms with Crippen LogP contribution in [0.1, 0.15) is 30.6 Å². The van der Waals surface area contributed by atoms with Gasteiger partial charge in [0, 0.05) is 18.8 Å². The van der Waals surface area contributed by atoms with E-state index in [0.29, 0.717) is 19.6 Å². The summed E-state index contributed by atoms with van der Waals surface area (Å²) < 4.78 is 1.85. The minimum atomic E-state index is -0.454. The van der Waals surface area contributed by atoms with Gasteiger partial charge in [-0.05, 0) is 43.9 Å². The van der Waals surface area contributed by atoms with Crippen LogP contribution in [0.15, 0.2) is 24.3 Å². The molecule has 3 rings (SSSR count). The molecule has 2 atom stereocenters. The van der Waals surface area contributed by atoms with Crippen molar-refractivity contribution >= 4 is 11.7 Å². The molecule has 0 aliphatic carbocycles. The van der Waals surface area contributed by atoms with Crippen molar-refractivity contribution in [3.05, 3.63) is 41.5 Å². The molecule has 2 amide bonds. The third kappa shape index (κ3) is 4.17. The van der Waals surface area contributed by atoms with Crippen LogP contribution in [-0.2, 0) is 6.54 Å². The molecule has 0 bridgehead atoms. The molecule has 0 radical (unpaired) electrons. The van der Waals surface area contributed by atoms with Gasteiger partial charge in [-0.1, -0.05) is 19.1 Å². The van der Waals surface area contributed by atoms with E-state index in [1.165, 1.54) is 0 Å². The second-order valence-corrected chi connectivity index (χ2v) is 6.77. The first-order valence-corrected chi connectivity index (χ1v) is 8.63. The van der Waals surface area contributed by atoms with Crippen LogP contribution < -0.4 is 5.32 Å². The van der Waals surface area contributed by atoms with Gasteiger partial charge in [0.1, 0.15) is 11.6 Å². The van der Waals surface area contributed by atoms with Crippen molar-refractivity contribution in [1.82, 2.24) is 19.7 Å². The number of nitrogens with one attached hydrogen (secondary N) is 1. The van der Waals surface area contributed by atoms with Gasteiger partial charge in [0.15, 0.2) is 0 Å². The number of benzene rings is 1. The lowest BCUT2D eigenvalue weighted by Crippen LogP contribution is -2.47. The molecule has 1 aromatic heterocycles. The van der Waals surface area contributed by atoms with Crippen molar-refractivity contribution in [3.8, 4) is 0 Å². The number of carbonyl (C=O) groups excluding carboxylic acids is 1. The third-order valence-electron chi connectivity index (χ3n) is 4.68. The van der Waals surface area contributed by atoms with E-state index in [4.69, 9.17) is 0 Å². The largest absolute Gasteiger partial charge is 0.391 e. The first-order valence-electron chi connectivity index (χ1n) is 8.63. The van der Waals surface area contributed by atoms with Crippen LogP contribution in [0.25, 0.3) is 0 Å². The van der Waals surface area contributed by atoms with Gasteiger partial charge in [-0.3, -0.25) is 0 Å². The molecule has 1 aromatic carbocycles. The Hall–Kier alpha value is -2.41. The number of aliphatic hydroxyl groups excluding tert-OH is 1. The number of amides is 2. The number of nitrogens with zero attached hydrogens (tertiary/aromatic N) is 4. The zero-order chi connectivity index (χ0) is 18.0. The van der Waals surface area contributed by atoms with Crippen LogP contribution in [0.2, 0.25) is 0 Å². The van der Waals surface area contributed by atoms with Gasteiger partial charge in [0.25, 0.3) is 0 Å². The predicted molar refractivity (Wildman–Crippen MR) is 95.4 cm³/mol. The Morgan fingerprint density at radius 2 is 2.20 bits per heavy atom. The summed E-state index contributed by atoms with van der Waals surface area (Å²) in [6, 6.07) is 7.55. The van der Waals surface area contributed by atoms with Crippen molar-refractivity contribution in [2.75, 3.05) is 18.4 Å². The molecule has 0 saturated carbocycles. The van der Waals surface area contributed by atoms with E-state index in [-0.39, 0.29) is 11.9 Å². The Labute approximate surface area is 147 Å². The van der Waals surface area contributed by atoms with Gasteiger partial charge in [0.2, 0.25) is 0 Å². The average Bonchev–Trinajstić information content (AvgIpc) is 2.87. The van der Waals surface area contributed by atoms with Gasteiger partial charge in [-0.15, -0.1) is 0 Å². The average molecular weight is 343 g/mol. The van der Waals surface area contributed by atoms with Crippen LogP contribution in [0.4, 0.5) is 10.5 Å². The van der Waals surface area contributed by atoms with Crippen molar-refractivity contribution in [2.24, 2.45) is 5.92 Å². The summed E-state index contributed by atoms with van der Waals surface area (Å²) in [5.41, 5.74) is 1.78. The zero-order valence-corrected chi connectivity index (χ0v) is 14.9. The molecular weight excluding hydrogens is 318 g/mol. The fraction of sp³-hybridized carbons (Fsp3) is 0.500. The number of hydrogen-bond donors (Lipinski definition) is 2. The van der Waals surface area contributed by atoms with E-state index in [1.54, 1.807) is 4.90 Å². The molecule has 1 saturated heterocycles. The highest BCUT2D eigenvalue weighted by Crippen LogP contribution is 2.19. The van der Waals surface area contributed by atoms with Crippen LogP contribution >= 0.6 is 0 Å². The molecule has 2 unspecified atom stereocenters. The summed E-state index contributed by atoms with van der Waals surface area (Å²) in [5.74, 6) is 1.85. The molecule has 1 fully saturated rings. The number of carbonyl (C=O) groups is 1. The molecule has 0 spiro atoms. The van der Waals surface area contributed by atoms with Gasteiger partial charge in [-0.2, -0.15) is 5.10 Å². The Kier molecular flexibility index (Phi) is 5.03. The fourth-order valence-corrected chi connectivity index (χ4v) is 3.07. The maximum Gasteiger partial charge on any atom is 0.321 e. The second kappa shape index (κ2) is 7.23. The van der Waals surface area contributed by atoms with Crippen molar-refractivity contribution < 1.29 is 9.90 Å². The molecule has 25 heavy (non-hydrogen) atoms. The smallest absolute Gasteiger partial charge is 0.321 e. The first kappa shape index (κ1) is 17.4. The molecule has 7 nitrogen and oxygen atoms in total. The van der Waals surface area contributed by atoms with E-state index in [2.05, 4.69) is 15.4 Å². The SMILES string of the molecule is Cc1nc(C)n(Cc2cccc(NC(=O)N3CCC(C)C(O)C3)c2)n1. The summed E-state index contributed by atoms with van der Waals surface area (Å²) >= 11 is 0. The summed E-state index contributed by atoms with van der Waals surface area (Å²) in [6.45, 7) is 7.46. The lowest BCUT2D eigenvalue weighted by Gasteiger charge is -2.34. The van der Waals surface area contributed by atoms with Crippen molar-refractivity contribution in [3.63, 3.8) is 0 Å². The molecular formula is C18H25N5O2. The Bertz CT molecular complexity index is 758. The normalized spacial score (nSPS) is 20.6. The van der Waals surface area contributed by atoms with Crippen LogP contribution in [-0.4, -0.2) is 50.0 Å². The second-order valence-electron chi connectivity index (χ2n) is 6.77. The number of urea groups is 1. The lowest BCUT2D eigenvalue weighted by molar-refractivity contribution is 0.0464. The minimum Gasteiger partial charge on any atom is -0.391 e. The number of aliphatic hydroxyl groups is 1. The topological polar surface area (TPSA) is 83.3 Å². The number of aryl methyl sites for hydroxylation is 2. The molecule has 7 heteroatoms. The van der Waals surface area contributed by atoms with Gasteiger partial charge in [0.05, 0.1) is 12.6 Å². The van der Waals surface area contributed by atoms with Crippen molar-refractivity contribution in [1.29, 1.82) is 0 Å². The molecule has 134 valence electrons. The Morgan fingerprint density at radius 1 is 1.40 bits per heavy atom. The van der Waals surface area contributed by atoms with Gasteiger partial charge < -0.3 is 15.3 Å². The molecule has 2 heterocycles. The number of anilines is 1. The lowest BCUT2D eigenvalue weighted by atomic mass is 9.96. The summed E-state index contributed by atoms with van der Waals surface area (Å²) in [4.78, 5) is 18.4. The number of rotatable bonds is 3. The number of hydrogen-bond acceptors (Lipinski definition) is 4. The quantitative estimate of drug-likeness (QED) is 0.895. The molecule has 1 aliphatic heterocycles. The number of likely N-dealkylation sites (tertiary alicyclic amines) is 1. The third-order valence-corrected chi connectivity index (χ3v) is 4.68. The monoisotopic (exact) mass is 343 g/mol. The van der Waals surface area contributed by atoms with E-state index in [1.807, 2.05) is 49.7 Å². The molecule has 1 aliphatic rings. The zero-order valence-electron chi connectivity index (χ0n) is 14.9. The standard InChI is InChI=1S/C18H25N5O2/c1-12-7-8-22(11-17(12)24)18(25)20-16-6-4-5-15(9-16)10-23-14(3)19-13(2)21-23/h4-6,9,12,17,24H,7-8,10-11H2,1-3H3,(H,20,25). The van der Waals surface area contributed by atoms with Crippen LogP contribution in [0.5, 0.6) is 0 Å². The van der Waals surface area contributed by atoms with E-state index >= 15 is 0 Å². The fourth-order valence-electron chi connectivity index (χ4n) is 3.07. The van der Waals surface area contributed by atoms with Gasteiger partial charge in [-0.25, -0.2) is 14.5 Å². The number of aromatic nitrogens is 3. The van der Waals surface area contributed by atoms with E-state index < -0.39 is 6.10 Å². The molecule has 2 aromatic rings. The summed E-state index contributed by atoms with van der Waals surface area (Å²) in [5, 5.41) is 17.3. The number of β-amino-alcohol motifs (C(OH)–C–C–N with tert-alkyl or cyclic N) is 1. The van der Waals surface area contributed by atoms with Gasteiger partial charge >= 0.3 is 6.03 Å². The highest BCUT2D eigenvalue weighted by molar-refractivity contribution is 5.89. The summed E-state index contributed by atoms with van der Waals surface area (Å²) in [7, 11) is 0. The Balaban J connectivity index is 1.65. The Morgan fingerprint density at radius 3 is 2.88 bits per heavy atom. The first-order chi connectivity index (χ1) is 11.9. The van der Waals surface area contributed by atoms with Crippen LogP contribution in [0.3, 0.4) is 0 Å². The highest BCUT2D eigenvalue weighted by Gasteiger charge is 2.27. The maximum atomic E-state index is 12.4. The van der Waals surface area contributed by atoms with E-state index in [0.717, 1.165) is 29.3 Å². The van der Waals surface area contributed by atoms with Crippen molar-refractivity contribution in [2.45, 2.75) is 39.8 Å². The number of piperidine rings is 1. The van der Waals surface area contributed by atoms with Crippen LogP contribution in [0, 0.1) is 19.8 Å². The predicted octanol–water partition coefficient (Wildman–Crippen LogP) is 2.18. The van der Waals surface area contributed by atoms with E-state index in [9.17, 15) is 9.90 Å². The molecule has 2 N–H and O–H groups in total. The maximum absolute atomic E-state index is 12.4. The minimum absolute atomic E-state index is 0.170. The highest BCUT2D eigenvalue weighted by atomic mass is 16.3.